The van der Waals surface area contributed by atoms with Crippen LogP contribution in [0.1, 0.15) is 22.5 Å². The summed E-state index contributed by atoms with van der Waals surface area (Å²) in [4.78, 5) is 39.3. The monoisotopic (exact) mass is 466 g/mol. The first kappa shape index (κ1) is 22.2. The van der Waals surface area contributed by atoms with Crippen molar-refractivity contribution < 1.29 is 23.5 Å². The van der Waals surface area contributed by atoms with Crippen LogP contribution < -0.4 is 10.1 Å². The number of hydrogen-bond donors (Lipinski definition) is 1. The molecule has 0 unspecified atom stereocenters. The van der Waals surface area contributed by atoms with Gasteiger partial charge in [0.25, 0.3) is 11.8 Å². The number of nitrogens with one attached hydrogen (secondary N) is 1. The Labute approximate surface area is 201 Å². The van der Waals surface area contributed by atoms with E-state index in [-0.39, 0.29) is 12.1 Å². The van der Waals surface area contributed by atoms with Gasteiger partial charge in [0.1, 0.15) is 23.7 Å². The van der Waals surface area contributed by atoms with Crippen LogP contribution in [0.15, 0.2) is 89.0 Å². The number of benzene rings is 3. The minimum absolute atomic E-state index is 0.0887. The molecule has 0 radical (unpaired) electrons. The third-order valence-corrected chi connectivity index (χ3v) is 5.81. The molecule has 0 spiro atoms. The van der Waals surface area contributed by atoms with Crippen LogP contribution in [0.2, 0.25) is 0 Å². The summed E-state index contributed by atoms with van der Waals surface area (Å²) in [6.07, 6.45) is 2.95. The summed E-state index contributed by atoms with van der Waals surface area (Å²) in [5, 5.41) is 3.99. The molecule has 7 nitrogen and oxygen atoms in total. The molecular formula is C28H22N2O5. The molecule has 4 amide bonds. The molecule has 1 N–H and O–H groups in total. The van der Waals surface area contributed by atoms with Crippen molar-refractivity contribution in [2.75, 3.05) is 0 Å². The Balaban J connectivity index is 1.53. The molecule has 5 rings (SSSR count). The zero-order valence-electron chi connectivity index (χ0n) is 19.0. The van der Waals surface area contributed by atoms with E-state index in [1.807, 2.05) is 67.6 Å². The van der Waals surface area contributed by atoms with Crippen molar-refractivity contribution in [1.29, 1.82) is 0 Å². The molecule has 7 heteroatoms. The molecule has 1 aliphatic rings. The lowest BCUT2D eigenvalue weighted by Crippen LogP contribution is -2.53. The highest BCUT2D eigenvalue weighted by molar-refractivity contribution is 6.31. The second-order valence-corrected chi connectivity index (χ2v) is 8.26. The number of imide groups is 2. The lowest BCUT2D eigenvalue weighted by atomic mass is 9.99. The molecule has 0 bridgehead atoms. The maximum Gasteiger partial charge on any atom is 0.331 e. The number of carbonyl (C=O) groups is 3. The second-order valence-electron chi connectivity index (χ2n) is 8.26. The fourth-order valence-electron chi connectivity index (χ4n) is 3.94. The van der Waals surface area contributed by atoms with Gasteiger partial charge >= 0.3 is 6.03 Å². The number of barbiturate groups is 1. The van der Waals surface area contributed by atoms with Gasteiger partial charge in [0, 0.05) is 5.56 Å². The van der Waals surface area contributed by atoms with E-state index in [0.717, 1.165) is 26.8 Å². The molecule has 35 heavy (non-hydrogen) atoms. The highest BCUT2D eigenvalue weighted by Gasteiger charge is 2.36. The van der Waals surface area contributed by atoms with E-state index in [1.54, 1.807) is 12.1 Å². The summed E-state index contributed by atoms with van der Waals surface area (Å²) in [7, 11) is 0. The van der Waals surface area contributed by atoms with Gasteiger partial charge < -0.3 is 9.15 Å². The SMILES string of the molecule is Cc1ccc(COc2ccc3ccccc3c2C=C2C(=O)NC(=O)N(Cc3ccco3)C2=O)cc1. The van der Waals surface area contributed by atoms with Gasteiger partial charge in [-0.05, 0) is 47.5 Å². The molecule has 1 fully saturated rings. The van der Waals surface area contributed by atoms with Crippen LogP contribution >= 0.6 is 0 Å². The quantitative estimate of drug-likeness (QED) is 0.320. The first-order chi connectivity index (χ1) is 17.0. The normalized spacial score (nSPS) is 15.1. The molecule has 0 aliphatic carbocycles. The van der Waals surface area contributed by atoms with Gasteiger partial charge in [0.15, 0.2) is 0 Å². The average Bonchev–Trinajstić information content (AvgIpc) is 3.38. The number of carbonyl (C=O) groups excluding carboxylic acids is 3. The minimum Gasteiger partial charge on any atom is -0.488 e. The lowest BCUT2D eigenvalue weighted by molar-refractivity contribution is -0.130. The maximum atomic E-state index is 13.2. The van der Waals surface area contributed by atoms with Gasteiger partial charge in [-0.2, -0.15) is 0 Å². The highest BCUT2D eigenvalue weighted by atomic mass is 16.5. The fourth-order valence-corrected chi connectivity index (χ4v) is 3.94. The van der Waals surface area contributed by atoms with E-state index >= 15 is 0 Å². The van der Waals surface area contributed by atoms with Crippen molar-refractivity contribution in [1.82, 2.24) is 10.2 Å². The Morgan fingerprint density at radius 3 is 2.51 bits per heavy atom. The summed E-state index contributed by atoms with van der Waals surface area (Å²) < 4.78 is 11.4. The number of urea groups is 1. The van der Waals surface area contributed by atoms with Gasteiger partial charge in [0.05, 0.1) is 12.8 Å². The predicted octanol–water partition coefficient (Wildman–Crippen LogP) is 4.98. The fraction of sp³-hybridized carbons (Fsp3) is 0.107. The number of fused-ring (bicyclic) bond motifs is 1. The van der Waals surface area contributed by atoms with Crippen LogP contribution in [0.5, 0.6) is 5.75 Å². The Morgan fingerprint density at radius 2 is 1.74 bits per heavy atom. The molecule has 1 saturated heterocycles. The van der Waals surface area contributed by atoms with Crippen molar-refractivity contribution in [3.8, 4) is 5.75 Å². The van der Waals surface area contributed by atoms with Crippen LogP contribution in [-0.2, 0) is 22.7 Å². The lowest BCUT2D eigenvalue weighted by Gasteiger charge is -2.25. The van der Waals surface area contributed by atoms with Gasteiger partial charge in [-0.3, -0.25) is 19.8 Å². The summed E-state index contributed by atoms with van der Waals surface area (Å²) in [5.74, 6) is -0.512. The Kier molecular flexibility index (Phi) is 5.89. The van der Waals surface area contributed by atoms with Crippen LogP contribution in [0.25, 0.3) is 16.8 Å². The molecule has 0 atom stereocenters. The van der Waals surface area contributed by atoms with Gasteiger partial charge in [-0.15, -0.1) is 0 Å². The molecule has 4 aromatic rings. The van der Waals surface area contributed by atoms with Crippen molar-refractivity contribution >= 4 is 34.7 Å². The van der Waals surface area contributed by atoms with Crippen molar-refractivity contribution in [3.63, 3.8) is 0 Å². The molecule has 3 aromatic carbocycles. The predicted molar refractivity (Wildman–Crippen MR) is 130 cm³/mol. The van der Waals surface area contributed by atoms with E-state index < -0.39 is 17.8 Å². The van der Waals surface area contributed by atoms with E-state index in [0.29, 0.717) is 23.7 Å². The number of rotatable bonds is 6. The molecule has 0 saturated carbocycles. The van der Waals surface area contributed by atoms with Crippen LogP contribution in [0.3, 0.4) is 0 Å². The van der Waals surface area contributed by atoms with Crippen molar-refractivity contribution in [2.45, 2.75) is 20.1 Å². The zero-order chi connectivity index (χ0) is 24.4. The van der Waals surface area contributed by atoms with Gasteiger partial charge in [0.2, 0.25) is 0 Å². The third kappa shape index (κ3) is 4.56. The van der Waals surface area contributed by atoms with E-state index in [2.05, 4.69) is 5.32 Å². The Morgan fingerprint density at radius 1 is 0.943 bits per heavy atom. The van der Waals surface area contributed by atoms with E-state index in [1.165, 1.54) is 12.3 Å². The Bertz CT molecular complexity index is 1450. The van der Waals surface area contributed by atoms with Crippen LogP contribution in [-0.4, -0.2) is 22.7 Å². The van der Waals surface area contributed by atoms with Crippen LogP contribution in [0, 0.1) is 6.92 Å². The number of nitrogens with zero attached hydrogens (tertiary/aromatic N) is 1. The third-order valence-electron chi connectivity index (χ3n) is 5.81. The molecule has 2 heterocycles. The first-order valence-corrected chi connectivity index (χ1v) is 11.1. The number of ether oxygens (including phenoxy) is 1. The van der Waals surface area contributed by atoms with Gasteiger partial charge in [-0.25, -0.2) is 4.79 Å². The van der Waals surface area contributed by atoms with Crippen LogP contribution in [0.4, 0.5) is 4.79 Å². The number of hydrogen-bond acceptors (Lipinski definition) is 5. The summed E-state index contributed by atoms with van der Waals surface area (Å²) in [6.45, 7) is 2.25. The Hall–Kier alpha value is -4.65. The zero-order valence-corrected chi connectivity index (χ0v) is 19.0. The topological polar surface area (TPSA) is 88.8 Å². The summed E-state index contributed by atoms with van der Waals surface area (Å²) in [6, 6.07) is 21.9. The molecule has 174 valence electrons. The largest absolute Gasteiger partial charge is 0.488 e. The number of aryl methyl sites for hydroxylation is 1. The maximum absolute atomic E-state index is 13.2. The minimum atomic E-state index is -0.790. The second kappa shape index (κ2) is 9.30. The molecular weight excluding hydrogens is 444 g/mol. The highest BCUT2D eigenvalue weighted by Crippen LogP contribution is 2.32. The number of furan rings is 1. The van der Waals surface area contributed by atoms with Gasteiger partial charge in [-0.1, -0.05) is 60.2 Å². The van der Waals surface area contributed by atoms with E-state index in [9.17, 15) is 14.4 Å². The molecule has 1 aliphatic heterocycles. The van der Waals surface area contributed by atoms with E-state index in [4.69, 9.17) is 9.15 Å². The standard InChI is InChI=1S/C28H22N2O5/c1-18-8-10-19(11-9-18)17-35-25-13-12-20-5-2-3-7-22(20)23(25)15-24-26(31)29-28(33)30(27(24)32)16-21-6-4-14-34-21/h2-15H,16-17H2,1H3,(H,29,31,33). The number of amides is 4. The average molecular weight is 466 g/mol. The van der Waals surface area contributed by atoms with Crippen molar-refractivity contribution in [2.24, 2.45) is 0 Å². The smallest absolute Gasteiger partial charge is 0.331 e. The summed E-state index contributed by atoms with van der Waals surface area (Å²) in [5.41, 5.74) is 2.57. The first-order valence-electron chi connectivity index (χ1n) is 11.1. The molecule has 1 aromatic heterocycles. The summed E-state index contributed by atoms with van der Waals surface area (Å²) >= 11 is 0. The van der Waals surface area contributed by atoms with Crippen molar-refractivity contribution in [3.05, 3.63) is 107 Å².